The first-order valence-corrected chi connectivity index (χ1v) is 12.6. The van der Waals surface area contributed by atoms with E-state index in [0.717, 1.165) is 5.82 Å². The molecule has 0 bridgehead atoms. The number of thiophene rings is 2. The highest BCUT2D eigenvalue weighted by Crippen LogP contribution is 2.51. The number of benzene rings is 4. The van der Waals surface area contributed by atoms with Gasteiger partial charge in [-0.05, 0) is 30.3 Å². The lowest BCUT2D eigenvalue weighted by molar-refractivity contribution is 1.08. The Balaban J connectivity index is 1.80. The van der Waals surface area contributed by atoms with Gasteiger partial charge >= 0.3 is 0 Å². The largest absolute Gasteiger partial charge is 0.293 e. The molecule has 8 aromatic rings. The van der Waals surface area contributed by atoms with Gasteiger partial charge in [-0.2, -0.15) is 0 Å². The van der Waals surface area contributed by atoms with Gasteiger partial charge in [0.1, 0.15) is 5.82 Å². The minimum Gasteiger partial charge on any atom is -0.293 e. The summed E-state index contributed by atoms with van der Waals surface area (Å²) in [5.74, 6) is 0.959. The van der Waals surface area contributed by atoms with Crippen LogP contribution < -0.4 is 0 Å². The number of para-hydroxylation sites is 1. The molecular weight excluding hydrogens is 440 g/mol. The number of rotatable bonds is 1. The van der Waals surface area contributed by atoms with E-state index in [1.807, 2.05) is 34.9 Å². The molecule has 33 heavy (non-hydrogen) atoms. The molecule has 4 aromatic carbocycles. The van der Waals surface area contributed by atoms with Crippen molar-refractivity contribution in [3.63, 3.8) is 0 Å². The molecule has 0 saturated carbocycles. The van der Waals surface area contributed by atoms with E-state index in [-0.39, 0.29) is 0 Å². The van der Waals surface area contributed by atoms with Crippen LogP contribution in [-0.4, -0.2) is 9.55 Å². The monoisotopic (exact) mass is 456 g/mol. The van der Waals surface area contributed by atoms with E-state index in [9.17, 15) is 0 Å². The van der Waals surface area contributed by atoms with Crippen molar-refractivity contribution in [2.45, 2.75) is 0 Å². The maximum absolute atomic E-state index is 4.79. The molecule has 0 saturated heterocycles. The van der Waals surface area contributed by atoms with E-state index in [2.05, 4.69) is 89.5 Å². The molecule has 0 aliphatic carbocycles. The number of aromatic nitrogens is 2. The van der Waals surface area contributed by atoms with Gasteiger partial charge in [0.25, 0.3) is 0 Å². The van der Waals surface area contributed by atoms with E-state index in [4.69, 9.17) is 4.98 Å². The lowest BCUT2D eigenvalue weighted by Gasteiger charge is -2.08. The summed E-state index contributed by atoms with van der Waals surface area (Å²) in [4.78, 5) is 4.79. The first-order valence-electron chi connectivity index (χ1n) is 11.0. The van der Waals surface area contributed by atoms with Gasteiger partial charge in [-0.1, -0.05) is 60.7 Å². The summed E-state index contributed by atoms with van der Waals surface area (Å²) in [6, 6.07) is 32.6. The Bertz CT molecular complexity index is 1990. The second-order valence-corrected chi connectivity index (χ2v) is 10.5. The molecule has 2 nitrogen and oxygen atoms in total. The standard InChI is InChI=1S/C29H16N2S2/c1-4-12-20-17(9-1)24-27(31(20)23-15-7-8-16-30-23)25-18-10-2-5-13-21(18)32-29(25)26-19-11-3-6-14-22(19)33-28(24)26/h1-16H. The molecule has 4 heterocycles. The fourth-order valence-electron chi connectivity index (χ4n) is 5.33. The third kappa shape index (κ3) is 2.24. The molecular formula is C29H16N2S2. The second kappa shape index (κ2) is 6.41. The van der Waals surface area contributed by atoms with Gasteiger partial charge in [0, 0.05) is 57.3 Å². The topological polar surface area (TPSA) is 17.8 Å². The quantitative estimate of drug-likeness (QED) is 0.241. The van der Waals surface area contributed by atoms with Gasteiger partial charge in [0.05, 0.1) is 11.0 Å². The van der Waals surface area contributed by atoms with Gasteiger partial charge in [0.2, 0.25) is 0 Å². The minimum absolute atomic E-state index is 0.959. The lowest BCUT2D eigenvalue weighted by atomic mass is 10.0. The molecule has 0 amide bonds. The molecule has 0 atom stereocenters. The predicted octanol–water partition coefficient (Wildman–Crippen LogP) is 8.91. The first kappa shape index (κ1) is 17.8. The van der Waals surface area contributed by atoms with Crippen molar-refractivity contribution < 1.29 is 0 Å². The molecule has 0 aliphatic heterocycles. The van der Waals surface area contributed by atoms with E-state index >= 15 is 0 Å². The Morgan fingerprint density at radius 2 is 1.12 bits per heavy atom. The Hall–Kier alpha value is -3.73. The van der Waals surface area contributed by atoms with Crippen LogP contribution in [0.1, 0.15) is 0 Å². The van der Waals surface area contributed by atoms with Crippen LogP contribution in [0.5, 0.6) is 0 Å². The van der Waals surface area contributed by atoms with Crippen LogP contribution in [0, 0.1) is 0 Å². The number of fused-ring (bicyclic) bond motifs is 12. The third-order valence-electron chi connectivity index (χ3n) is 6.63. The summed E-state index contributed by atoms with van der Waals surface area (Å²) in [5, 5.41) is 8.02. The van der Waals surface area contributed by atoms with Crippen molar-refractivity contribution in [1.82, 2.24) is 9.55 Å². The molecule has 0 radical (unpaired) electrons. The molecule has 154 valence electrons. The zero-order valence-electron chi connectivity index (χ0n) is 17.4. The highest BCUT2D eigenvalue weighted by molar-refractivity contribution is 7.30. The van der Waals surface area contributed by atoms with Crippen molar-refractivity contribution >= 4 is 84.8 Å². The maximum Gasteiger partial charge on any atom is 0.137 e. The van der Waals surface area contributed by atoms with Gasteiger partial charge in [-0.15, -0.1) is 22.7 Å². The highest BCUT2D eigenvalue weighted by atomic mass is 32.1. The Kier molecular flexibility index (Phi) is 3.45. The zero-order chi connectivity index (χ0) is 21.5. The molecule has 0 fully saturated rings. The molecule has 8 rings (SSSR count). The van der Waals surface area contributed by atoms with Gasteiger partial charge in [-0.3, -0.25) is 4.57 Å². The first-order chi connectivity index (χ1) is 16.4. The Labute approximate surface area is 196 Å². The third-order valence-corrected chi connectivity index (χ3v) is 9.01. The summed E-state index contributed by atoms with van der Waals surface area (Å²) in [5.41, 5.74) is 2.47. The number of hydrogen-bond donors (Lipinski definition) is 0. The van der Waals surface area contributed by atoms with Crippen LogP contribution in [0.25, 0.3) is 68.0 Å². The van der Waals surface area contributed by atoms with Crippen LogP contribution in [0.4, 0.5) is 0 Å². The van der Waals surface area contributed by atoms with Crippen molar-refractivity contribution in [2.24, 2.45) is 0 Å². The van der Waals surface area contributed by atoms with Crippen LogP contribution in [0.15, 0.2) is 97.2 Å². The fraction of sp³-hybridized carbons (Fsp3) is 0. The van der Waals surface area contributed by atoms with Crippen LogP contribution in [-0.2, 0) is 0 Å². The van der Waals surface area contributed by atoms with Gasteiger partial charge in [0.15, 0.2) is 0 Å². The minimum atomic E-state index is 0.959. The van der Waals surface area contributed by atoms with E-state index in [1.54, 1.807) is 0 Å². The molecule has 0 aliphatic rings. The molecule has 4 aromatic heterocycles. The van der Waals surface area contributed by atoms with Crippen molar-refractivity contribution in [2.75, 3.05) is 0 Å². The summed E-state index contributed by atoms with van der Waals surface area (Å²) in [7, 11) is 0. The highest BCUT2D eigenvalue weighted by Gasteiger charge is 2.24. The fourth-order valence-corrected chi connectivity index (χ4v) is 7.94. The van der Waals surface area contributed by atoms with Crippen molar-refractivity contribution in [3.8, 4) is 5.82 Å². The molecule has 0 N–H and O–H groups in total. The van der Waals surface area contributed by atoms with Crippen LogP contribution in [0.2, 0.25) is 0 Å². The van der Waals surface area contributed by atoms with Crippen LogP contribution in [0.3, 0.4) is 0 Å². The normalized spacial score (nSPS) is 12.2. The van der Waals surface area contributed by atoms with E-state index in [1.165, 1.54) is 62.2 Å². The average molecular weight is 457 g/mol. The number of hydrogen-bond acceptors (Lipinski definition) is 3. The predicted molar refractivity (Wildman–Crippen MR) is 144 cm³/mol. The van der Waals surface area contributed by atoms with Crippen molar-refractivity contribution in [3.05, 3.63) is 97.2 Å². The summed E-state index contributed by atoms with van der Waals surface area (Å²) < 4.78 is 7.78. The smallest absolute Gasteiger partial charge is 0.137 e. The summed E-state index contributed by atoms with van der Waals surface area (Å²) >= 11 is 3.82. The summed E-state index contributed by atoms with van der Waals surface area (Å²) in [6.07, 6.45) is 1.89. The van der Waals surface area contributed by atoms with Crippen LogP contribution >= 0.6 is 22.7 Å². The lowest BCUT2D eigenvalue weighted by Crippen LogP contribution is -1.96. The van der Waals surface area contributed by atoms with Crippen molar-refractivity contribution in [1.29, 1.82) is 0 Å². The number of pyridine rings is 1. The average Bonchev–Trinajstić information content (AvgIpc) is 3.53. The Morgan fingerprint density at radius 3 is 1.82 bits per heavy atom. The maximum atomic E-state index is 4.79. The zero-order valence-corrected chi connectivity index (χ0v) is 19.1. The Morgan fingerprint density at radius 1 is 0.545 bits per heavy atom. The summed E-state index contributed by atoms with van der Waals surface area (Å²) in [6.45, 7) is 0. The molecule has 0 spiro atoms. The molecule has 4 heteroatoms. The van der Waals surface area contributed by atoms with Gasteiger partial charge in [-0.25, -0.2) is 4.98 Å². The molecule has 0 unspecified atom stereocenters. The number of nitrogens with zero attached hydrogens (tertiary/aromatic N) is 2. The van der Waals surface area contributed by atoms with Gasteiger partial charge < -0.3 is 0 Å². The second-order valence-electron chi connectivity index (χ2n) is 8.37. The SMILES string of the molecule is c1ccc(-n2c3ccccc3c3c4sc5ccccc5c4c4sc5ccccc5c4c32)nc1. The van der Waals surface area contributed by atoms with E-state index in [0.29, 0.717) is 0 Å². The van der Waals surface area contributed by atoms with E-state index < -0.39 is 0 Å².